The highest BCUT2D eigenvalue weighted by atomic mass is 19.3. The number of hydrogen-bond donors (Lipinski definition) is 1. The van der Waals surface area contributed by atoms with E-state index in [0.29, 0.717) is 25.7 Å². The first-order valence-electron chi connectivity index (χ1n) is 6.71. The van der Waals surface area contributed by atoms with Crippen LogP contribution in [0.15, 0.2) is 0 Å². The van der Waals surface area contributed by atoms with Gasteiger partial charge in [-0.15, -0.1) is 0 Å². The highest BCUT2D eigenvalue weighted by molar-refractivity contribution is 4.86. The number of hydrogen-bond acceptors (Lipinski definition) is 1. The molecule has 2 saturated carbocycles. The lowest BCUT2D eigenvalue weighted by atomic mass is 9.80. The minimum atomic E-state index is -2.60. The summed E-state index contributed by atoms with van der Waals surface area (Å²) in [5, 5.41) is 9.98. The van der Waals surface area contributed by atoms with Crippen LogP contribution < -0.4 is 0 Å². The molecule has 0 aromatic heterocycles. The topological polar surface area (TPSA) is 20.2 Å². The Morgan fingerprint density at radius 1 is 0.944 bits per heavy atom. The number of halogens is 4. The fraction of sp³-hybridized carbons (Fsp3) is 1.00. The molecule has 0 bridgehead atoms. The van der Waals surface area contributed by atoms with Crippen molar-refractivity contribution < 1.29 is 22.7 Å². The molecule has 0 aliphatic heterocycles. The fourth-order valence-electron chi connectivity index (χ4n) is 3.22. The van der Waals surface area contributed by atoms with Gasteiger partial charge in [0.2, 0.25) is 11.8 Å². The van der Waals surface area contributed by atoms with E-state index in [4.69, 9.17) is 0 Å². The summed E-state index contributed by atoms with van der Waals surface area (Å²) in [6.45, 7) is 0. The van der Waals surface area contributed by atoms with Crippen LogP contribution in [0.3, 0.4) is 0 Å². The molecule has 106 valence electrons. The van der Waals surface area contributed by atoms with Crippen LogP contribution in [0, 0.1) is 11.8 Å². The molecular weight excluding hydrogens is 248 g/mol. The highest BCUT2D eigenvalue weighted by Gasteiger charge is 2.42. The molecule has 18 heavy (non-hydrogen) atoms. The van der Waals surface area contributed by atoms with Crippen LogP contribution in [-0.2, 0) is 0 Å². The van der Waals surface area contributed by atoms with Gasteiger partial charge in [0.15, 0.2) is 0 Å². The Morgan fingerprint density at radius 2 is 1.50 bits per heavy atom. The van der Waals surface area contributed by atoms with Crippen LogP contribution in [0.5, 0.6) is 0 Å². The molecule has 0 saturated heterocycles. The number of aliphatic hydroxyl groups excluding tert-OH is 1. The molecule has 0 aromatic rings. The van der Waals surface area contributed by atoms with Crippen LogP contribution in [0.25, 0.3) is 0 Å². The molecule has 2 atom stereocenters. The molecule has 2 aliphatic rings. The average Bonchev–Trinajstić information content (AvgIpc) is 2.57. The summed E-state index contributed by atoms with van der Waals surface area (Å²) < 4.78 is 51.9. The Hall–Kier alpha value is -0.320. The SMILES string of the molecule is OC(CC1CCC(F)(F)C1)C1CCC(F)(F)CC1. The van der Waals surface area contributed by atoms with Crippen molar-refractivity contribution in [3.8, 4) is 0 Å². The van der Waals surface area contributed by atoms with Crippen molar-refractivity contribution in [1.29, 1.82) is 0 Å². The standard InChI is InChI=1S/C13H20F4O/c14-12(15)5-2-10(3-6-12)11(18)7-9-1-4-13(16,17)8-9/h9-11,18H,1-8H2. The Balaban J connectivity index is 1.77. The van der Waals surface area contributed by atoms with E-state index >= 15 is 0 Å². The normalized spacial score (nSPS) is 33.5. The summed E-state index contributed by atoms with van der Waals surface area (Å²) in [6, 6.07) is 0. The van der Waals surface area contributed by atoms with Crippen molar-refractivity contribution >= 4 is 0 Å². The molecular formula is C13H20F4O. The Kier molecular flexibility index (Phi) is 3.90. The average molecular weight is 268 g/mol. The molecule has 5 heteroatoms. The quantitative estimate of drug-likeness (QED) is 0.767. The van der Waals surface area contributed by atoms with Gasteiger partial charge in [-0.25, -0.2) is 17.6 Å². The van der Waals surface area contributed by atoms with Gasteiger partial charge in [-0.05, 0) is 37.5 Å². The zero-order valence-corrected chi connectivity index (χ0v) is 10.3. The van der Waals surface area contributed by atoms with Crippen molar-refractivity contribution in [2.75, 3.05) is 0 Å². The third kappa shape index (κ3) is 3.59. The molecule has 0 spiro atoms. The maximum atomic E-state index is 13.0. The third-order valence-electron chi connectivity index (χ3n) is 4.39. The largest absolute Gasteiger partial charge is 0.393 e. The second-order valence-electron chi connectivity index (χ2n) is 5.96. The number of rotatable bonds is 3. The summed E-state index contributed by atoms with van der Waals surface area (Å²) in [5.74, 6) is -5.49. The number of alkyl halides is 4. The number of aliphatic hydroxyl groups is 1. The first-order chi connectivity index (χ1) is 8.27. The van der Waals surface area contributed by atoms with Crippen LogP contribution >= 0.6 is 0 Å². The third-order valence-corrected chi connectivity index (χ3v) is 4.39. The molecule has 2 aliphatic carbocycles. The summed E-state index contributed by atoms with van der Waals surface area (Å²) >= 11 is 0. The second kappa shape index (κ2) is 4.99. The predicted molar refractivity (Wildman–Crippen MR) is 59.8 cm³/mol. The van der Waals surface area contributed by atoms with E-state index in [2.05, 4.69) is 0 Å². The molecule has 1 nitrogen and oxygen atoms in total. The monoisotopic (exact) mass is 268 g/mol. The van der Waals surface area contributed by atoms with E-state index in [1.165, 1.54) is 0 Å². The predicted octanol–water partition coefficient (Wildman–Crippen LogP) is 4.00. The van der Waals surface area contributed by atoms with E-state index in [-0.39, 0.29) is 37.5 Å². The van der Waals surface area contributed by atoms with Crippen molar-refractivity contribution in [2.24, 2.45) is 11.8 Å². The molecule has 2 fully saturated rings. The summed E-state index contributed by atoms with van der Waals surface area (Å²) in [4.78, 5) is 0. The second-order valence-corrected chi connectivity index (χ2v) is 5.96. The van der Waals surface area contributed by atoms with Crippen molar-refractivity contribution in [1.82, 2.24) is 0 Å². The smallest absolute Gasteiger partial charge is 0.248 e. The van der Waals surface area contributed by atoms with E-state index in [9.17, 15) is 22.7 Å². The maximum Gasteiger partial charge on any atom is 0.248 e. The van der Waals surface area contributed by atoms with Gasteiger partial charge < -0.3 is 5.11 Å². The Bertz CT molecular complexity index is 283. The lowest BCUT2D eigenvalue weighted by molar-refractivity contribution is -0.0652. The zero-order valence-electron chi connectivity index (χ0n) is 10.3. The van der Waals surface area contributed by atoms with Crippen molar-refractivity contribution in [3.05, 3.63) is 0 Å². The van der Waals surface area contributed by atoms with Gasteiger partial charge in [-0.2, -0.15) is 0 Å². The minimum absolute atomic E-state index is 0.104. The lowest BCUT2D eigenvalue weighted by Gasteiger charge is -2.32. The Labute approximate surface area is 105 Å². The first kappa shape index (κ1) is 14.1. The van der Waals surface area contributed by atoms with Gasteiger partial charge in [-0.3, -0.25) is 0 Å². The van der Waals surface area contributed by atoms with Crippen LogP contribution in [0.2, 0.25) is 0 Å². The van der Waals surface area contributed by atoms with Crippen LogP contribution in [-0.4, -0.2) is 23.1 Å². The molecule has 2 unspecified atom stereocenters. The Morgan fingerprint density at radius 3 is 2.00 bits per heavy atom. The van der Waals surface area contributed by atoms with Gasteiger partial charge in [0.1, 0.15) is 0 Å². The maximum absolute atomic E-state index is 13.0. The molecule has 1 N–H and O–H groups in total. The van der Waals surface area contributed by atoms with Crippen LogP contribution in [0.4, 0.5) is 17.6 Å². The van der Waals surface area contributed by atoms with Gasteiger partial charge in [-0.1, -0.05) is 0 Å². The molecule has 2 rings (SSSR count). The highest BCUT2D eigenvalue weighted by Crippen LogP contribution is 2.43. The first-order valence-corrected chi connectivity index (χ1v) is 6.71. The van der Waals surface area contributed by atoms with E-state index < -0.39 is 17.9 Å². The summed E-state index contributed by atoms with van der Waals surface area (Å²) in [7, 11) is 0. The lowest BCUT2D eigenvalue weighted by Crippen LogP contribution is -2.32. The molecule has 0 aromatic carbocycles. The fourth-order valence-corrected chi connectivity index (χ4v) is 3.22. The molecule has 0 radical (unpaired) electrons. The minimum Gasteiger partial charge on any atom is -0.393 e. The van der Waals surface area contributed by atoms with E-state index in [1.54, 1.807) is 0 Å². The van der Waals surface area contributed by atoms with Gasteiger partial charge in [0, 0.05) is 25.7 Å². The molecule has 0 amide bonds. The van der Waals surface area contributed by atoms with Crippen LogP contribution in [0.1, 0.15) is 51.4 Å². The summed E-state index contributed by atoms with van der Waals surface area (Å²) in [6.07, 6.45) is 0.0541. The molecule has 0 heterocycles. The van der Waals surface area contributed by atoms with Gasteiger partial charge in [0.05, 0.1) is 6.10 Å². The van der Waals surface area contributed by atoms with Gasteiger partial charge >= 0.3 is 0 Å². The van der Waals surface area contributed by atoms with Gasteiger partial charge in [0.25, 0.3) is 0 Å². The zero-order chi connectivity index (χ0) is 13.4. The van der Waals surface area contributed by atoms with E-state index in [1.807, 2.05) is 0 Å². The van der Waals surface area contributed by atoms with Crippen molar-refractivity contribution in [2.45, 2.75) is 69.3 Å². The van der Waals surface area contributed by atoms with Crippen molar-refractivity contribution in [3.63, 3.8) is 0 Å². The van der Waals surface area contributed by atoms with E-state index in [0.717, 1.165) is 0 Å². The summed E-state index contributed by atoms with van der Waals surface area (Å²) in [5.41, 5.74) is 0.